The van der Waals surface area contributed by atoms with Crippen molar-refractivity contribution in [3.05, 3.63) is 46.6 Å². The number of anilines is 2. The highest BCUT2D eigenvalue weighted by molar-refractivity contribution is 9.10. The SMILES string of the molecule is Cc1cnc(Nc2ccccc2OC(F)F)c(Br)c1. The smallest absolute Gasteiger partial charge is 0.387 e. The van der Waals surface area contributed by atoms with Crippen LogP contribution in [0, 0.1) is 6.92 Å². The van der Waals surface area contributed by atoms with Gasteiger partial charge in [0.05, 0.1) is 10.2 Å². The van der Waals surface area contributed by atoms with Gasteiger partial charge in [0.25, 0.3) is 0 Å². The predicted molar refractivity (Wildman–Crippen MR) is 73.0 cm³/mol. The summed E-state index contributed by atoms with van der Waals surface area (Å²) >= 11 is 3.37. The summed E-state index contributed by atoms with van der Waals surface area (Å²) in [6.07, 6.45) is 1.68. The van der Waals surface area contributed by atoms with Crippen molar-refractivity contribution < 1.29 is 13.5 Å². The van der Waals surface area contributed by atoms with Gasteiger partial charge in [0.2, 0.25) is 0 Å². The molecular weight excluding hydrogens is 318 g/mol. The van der Waals surface area contributed by atoms with Crippen LogP contribution in [-0.2, 0) is 0 Å². The lowest BCUT2D eigenvalue weighted by Gasteiger charge is -2.13. The van der Waals surface area contributed by atoms with Gasteiger partial charge in [-0.05, 0) is 46.6 Å². The average molecular weight is 329 g/mol. The molecule has 1 aromatic heterocycles. The second-order valence-electron chi connectivity index (χ2n) is 3.84. The van der Waals surface area contributed by atoms with E-state index in [4.69, 9.17) is 0 Å². The highest BCUT2D eigenvalue weighted by Gasteiger charge is 2.10. The Balaban J connectivity index is 2.27. The monoisotopic (exact) mass is 328 g/mol. The van der Waals surface area contributed by atoms with Crippen LogP contribution in [0.15, 0.2) is 41.0 Å². The Bertz CT molecular complexity index is 578. The van der Waals surface area contributed by atoms with E-state index in [1.165, 1.54) is 6.07 Å². The molecule has 0 bridgehead atoms. The van der Waals surface area contributed by atoms with Crippen LogP contribution in [0.3, 0.4) is 0 Å². The number of hydrogen-bond acceptors (Lipinski definition) is 3. The van der Waals surface area contributed by atoms with E-state index in [-0.39, 0.29) is 5.75 Å². The van der Waals surface area contributed by atoms with E-state index < -0.39 is 6.61 Å². The van der Waals surface area contributed by atoms with Crippen molar-refractivity contribution >= 4 is 27.4 Å². The van der Waals surface area contributed by atoms with Crippen LogP contribution in [0.2, 0.25) is 0 Å². The first-order valence-electron chi connectivity index (χ1n) is 5.49. The van der Waals surface area contributed by atoms with E-state index >= 15 is 0 Å². The number of para-hydroxylation sites is 2. The van der Waals surface area contributed by atoms with Crippen molar-refractivity contribution in [2.75, 3.05) is 5.32 Å². The Morgan fingerprint density at radius 1 is 1.32 bits per heavy atom. The van der Waals surface area contributed by atoms with Crippen LogP contribution in [0.1, 0.15) is 5.56 Å². The van der Waals surface area contributed by atoms with Crippen LogP contribution in [-0.4, -0.2) is 11.6 Å². The predicted octanol–water partition coefficient (Wildman–Crippen LogP) is 4.50. The lowest BCUT2D eigenvalue weighted by Crippen LogP contribution is -2.05. The number of pyridine rings is 1. The van der Waals surface area contributed by atoms with Crippen molar-refractivity contribution in [3.8, 4) is 5.75 Å². The third-order valence-electron chi connectivity index (χ3n) is 2.33. The fraction of sp³-hybridized carbons (Fsp3) is 0.154. The molecule has 0 atom stereocenters. The van der Waals surface area contributed by atoms with Crippen molar-refractivity contribution in [2.24, 2.45) is 0 Å². The van der Waals surface area contributed by atoms with Gasteiger partial charge in [-0.2, -0.15) is 8.78 Å². The molecule has 0 radical (unpaired) electrons. The molecule has 0 aliphatic rings. The second kappa shape index (κ2) is 5.97. The highest BCUT2D eigenvalue weighted by atomic mass is 79.9. The topological polar surface area (TPSA) is 34.2 Å². The Morgan fingerprint density at radius 3 is 2.74 bits per heavy atom. The molecule has 0 unspecified atom stereocenters. The number of benzene rings is 1. The summed E-state index contributed by atoms with van der Waals surface area (Å²) in [4.78, 5) is 4.19. The summed E-state index contributed by atoms with van der Waals surface area (Å²) in [6.45, 7) is -0.951. The summed E-state index contributed by atoms with van der Waals surface area (Å²) in [5.41, 5.74) is 1.43. The van der Waals surface area contributed by atoms with Gasteiger partial charge in [-0.1, -0.05) is 12.1 Å². The first-order chi connectivity index (χ1) is 9.06. The minimum absolute atomic E-state index is 0.0757. The molecule has 0 saturated carbocycles. The third-order valence-corrected chi connectivity index (χ3v) is 2.94. The van der Waals surface area contributed by atoms with Gasteiger partial charge < -0.3 is 10.1 Å². The maximum absolute atomic E-state index is 12.3. The molecule has 1 N–H and O–H groups in total. The Labute approximate surface area is 117 Å². The molecule has 2 rings (SSSR count). The molecule has 19 heavy (non-hydrogen) atoms. The fourth-order valence-corrected chi connectivity index (χ4v) is 2.08. The zero-order valence-corrected chi connectivity index (χ0v) is 11.6. The Kier molecular flexibility index (Phi) is 4.31. The lowest BCUT2D eigenvalue weighted by molar-refractivity contribution is -0.0493. The molecule has 0 fully saturated rings. The van der Waals surface area contributed by atoms with Crippen LogP contribution in [0.4, 0.5) is 20.3 Å². The van der Waals surface area contributed by atoms with Crippen LogP contribution >= 0.6 is 15.9 Å². The number of hydrogen-bond donors (Lipinski definition) is 1. The Morgan fingerprint density at radius 2 is 2.05 bits per heavy atom. The van der Waals surface area contributed by atoms with Crippen molar-refractivity contribution in [1.29, 1.82) is 0 Å². The minimum atomic E-state index is -2.86. The molecule has 2 aromatic rings. The standard InChI is InChI=1S/C13H11BrF2N2O/c1-8-6-9(14)12(17-7-8)18-10-4-2-3-5-11(10)19-13(15)16/h2-7,13H,1H3,(H,17,18). The normalized spacial score (nSPS) is 10.6. The third kappa shape index (κ3) is 3.64. The van der Waals surface area contributed by atoms with E-state index in [0.29, 0.717) is 11.5 Å². The van der Waals surface area contributed by atoms with Gasteiger partial charge in [0.1, 0.15) is 11.6 Å². The lowest BCUT2D eigenvalue weighted by atomic mass is 10.3. The van der Waals surface area contributed by atoms with Gasteiger partial charge >= 0.3 is 6.61 Å². The van der Waals surface area contributed by atoms with E-state index in [1.54, 1.807) is 24.4 Å². The molecule has 0 aliphatic carbocycles. The number of halogens is 3. The maximum atomic E-state index is 12.3. The van der Waals surface area contributed by atoms with Crippen LogP contribution in [0.5, 0.6) is 5.75 Å². The van der Waals surface area contributed by atoms with Crippen LogP contribution in [0.25, 0.3) is 0 Å². The molecule has 0 aliphatic heterocycles. The van der Waals surface area contributed by atoms with Gasteiger partial charge in [0, 0.05) is 6.20 Å². The van der Waals surface area contributed by atoms with E-state index in [0.717, 1.165) is 10.0 Å². The second-order valence-corrected chi connectivity index (χ2v) is 4.70. The number of ether oxygens (including phenoxy) is 1. The molecule has 0 amide bonds. The van der Waals surface area contributed by atoms with Gasteiger partial charge in [-0.3, -0.25) is 0 Å². The first kappa shape index (κ1) is 13.7. The summed E-state index contributed by atoms with van der Waals surface area (Å²) < 4.78 is 29.8. The summed E-state index contributed by atoms with van der Waals surface area (Å²) in [5.74, 6) is 0.614. The number of rotatable bonds is 4. The number of aryl methyl sites for hydroxylation is 1. The zero-order valence-electron chi connectivity index (χ0n) is 10.0. The number of alkyl halides is 2. The molecule has 100 valence electrons. The van der Waals surface area contributed by atoms with Crippen LogP contribution < -0.4 is 10.1 Å². The van der Waals surface area contributed by atoms with Crippen molar-refractivity contribution in [2.45, 2.75) is 13.5 Å². The number of aromatic nitrogens is 1. The molecule has 1 aromatic carbocycles. The van der Waals surface area contributed by atoms with Gasteiger partial charge in [-0.25, -0.2) is 4.98 Å². The largest absolute Gasteiger partial charge is 0.433 e. The summed E-state index contributed by atoms with van der Waals surface area (Å²) in [6, 6.07) is 8.34. The zero-order chi connectivity index (χ0) is 13.8. The van der Waals surface area contributed by atoms with Crippen molar-refractivity contribution in [1.82, 2.24) is 4.98 Å². The number of nitrogens with zero attached hydrogens (tertiary/aromatic N) is 1. The van der Waals surface area contributed by atoms with E-state index in [1.807, 2.05) is 13.0 Å². The summed E-state index contributed by atoms with van der Waals surface area (Å²) in [7, 11) is 0. The molecule has 0 saturated heterocycles. The quantitative estimate of drug-likeness (QED) is 0.897. The van der Waals surface area contributed by atoms with Gasteiger partial charge in [0.15, 0.2) is 0 Å². The minimum Gasteiger partial charge on any atom is -0.433 e. The first-order valence-corrected chi connectivity index (χ1v) is 6.28. The number of nitrogens with one attached hydrogen (secondary N) is 1. The van der Waals surface area contributed by atoms with Gasteiger partial charge in [-0.15, -0.1) is 0 Å². The molecule has 1 heterocycles. The average Bonchev–Trinajstić information content (AvgIpc) is 2.34. The van der Waals surface area contributed by atoms with Crippen molar-refractivity contribution in [3.63, 3.8) is 0 Å². The summed E-state index contributed by atoms with van der Waals surface area (Å²) in [5, 5.41) is 2.96. The fourth-order valence-electron chi connectivity index (χ4n) is 1.52. The molecule has 6 heteroatoms. The molecule has 0 spiro atoms. The van der Waals surface area contributed by atoms with E-state index in [2.05, 4.69) is 31.0 Å². The maximum Gasteiger partial charge on any atom is 0.387 e. The molecule has 3 nitrogen and oxygen atoms in total. The van der Waals surface area contributed by atoms with E-state index in [9.17, 15) is 8.78 Å². The highest BCUT2D eigenvalue weighted by Crippen LogP contribution is 2.31. The Hall–Kier alpha value is -1.69. The molecular formula is C13H11BrF2N2O.